The monoisotopic (exact) mass is 476 g/mol. The van der Waals surface area contributed by atoms with Gasteiger partial charge in [-0.25, -0.2) is 13.4 Å². The van der Waals surface area contributed by atoms with Crippen LogP contribution in [0.3, 0.4) is 0 Å². The summed E-state index contributed by atoms with van der Waals surface area (Å²) in [6.07, 6.45) is 0. The first-order valence-corrected chi connectivity index (χ1v) is 9.69. The van der Waals surface area contributed by atoms with Gasteiger partial charge in [0.15, 0.2) is 15.8 Å². The van der Waals surface area contributed by atoms with E-state index in [2.05, 4.69) is 16.4 Å². The summed E-state index contributed by atoms with van der Waals surface area (Å²) in [6.45, 7) is 7.59. The highest BCUT2D eigenvalue weighted by molar-refractivity contribution is 14.0. The number of rotatable bonds is 3. The summed E-state index contributed by atoms with van der Waals surface area (Å²) in [4.78, 5) is 6.64. The molecule has 8 heteroatoms. The molecule has 1 N–H and O–H groups in total. The number of sulfone groups is 1. The predicted octanol–water partition coefficient (Wildman–Crippen LogP) is 2.15. The first-order valence-electron chi connectivity index (χ1n) is 8.03. The molecule has 0 bridgehead atoms. The van der Waals surface area contributed by atoms with Crippen molar-refractivity contribution in [1.82, 2.24) is 10.2 Å². The molecule has 0 aromatic heterocycles. The number of hydrogen-bond donors (Lipinski definition) is 1. The number of nitrogens with one attached hydrogen (secondary N) is 1. The van der Waals surface area contributed by atoms with Gasteiger partial charge in [0.05, 0.1) is 28.7 Å². The van der Waals surface area contributed by atoms with Crippen LogP contribution in [0.25, 0.3) is 0 Å². The lowest BCUT2D eigenvalue weighted by molar-refractivity contribution is 0.353. The van der Waals surface area contributed by atoms with Crippen LogP contribution < -0.4 is 5.32 Å². The minimum absolute atomic E-state index is 0. The van der Waals surface area contributed by atoms with Crippen LogP contribution in [0, 0.1) is 11.3 Å². The van der Waals surface area contributed by atoms with Crippen LogP contribution in [0.15, 0.2) is 29.3 Å². The Kier molecular flexibility index (Phi) is 7.68. The molecule has 1 aromatic carbocycles. The smallest absolute Gasteiger partial charge is 0.194 e. The molecule has 25 heavy (non-hydrogen) atoms. The zero-order valence-electron chi connectivity index (χ0n) is 14.8. The summed E-state index contributed by atoms with van der Waals surface area (Å²) in [7, 11) is -3.07. The summed E-state index contributed by atoms with van der Waals surface area (Å²) in [5.74, 6) is 0.867. The van der Waals surface area contributed by atoms with E-state index >= 15 is 0 Å². The summed E-state index contributed by atoms with van der Waals surface area (Å²) in [6, 6.07) is 9.41. The van der Waals surface area contributed by atoms with Crippen molar-refractivity contribution in [1.29, 1.82) is 5.26 Å². The van der Waals surface area contributed by atoms with Gasteiger partial charge < -0.3 is 10.2 Å². The van der Waals surface area contributed by atoms with Gasteiger partial charge in [0.2, 0.25) is 0 Å². The van der Waals surface area contributed by atoms with Gasteiger partial charge in [0.1, 0.15) is 0 Å². The summed E-state index contributed by atoms with van der Waals surface area (Å²) in [5.41, 5.74) is 1.63. The molecule has 138 valence electrons. The SMILES string of the molecule is CCNC(=NCc1ccc(C#N)cc1)N1CCS(=O)(=O)C(C)(C)C1.I. The van der Waals surface area contributed by atoms with Gasteiger partial charge >= 0.3 is 0 Å². The lowest BCUT2D eigenvalue weighted by atomic mass is 10.1. The topological polar surface area (TPSA) is 85.6 Å². The van der Waals surface area contributed by atoms with E-state index < -0.39 is 14.6 Å². The molecule has 1 heterocycles. The van der Waals surface area contributed by atoms with Crippen molar-refractivity contribution in [3.63, 3.8) is 0 Å². The molecule has 2 rings (SSSR count). The number of hydrogen-bond acceptors (Lipinski definition) is 4. The van der Waals surface area contributed by atoms with Crippen molar-refractivity contribution in [2.45, 2.75) is 32.1 Å². The quantitative estimate of drug-likeness (QED) is 0.411. The number of nitrogens with zero attached hydrogens (tertiary/aromatic N) is 3. The maximum absolute atomic E-state index is 12.2. The molecular formula is C17H25IN4O2S. The molecule has 0 saturated carbocycles. The number of halogens is 1. The van der Waals surface area contributed by atoms with Crippen molar-refractivity contribution in [3.05, 3.63) is 35.4 Å². The Bertz CT molecular complexity index is 752. The third kappa shape index (κ3) is 5.31. The van der Waals surface area contributed by atoms with Crippen molar-refractivity contribution >= 4 is 39.8 Å². The second-order valence-electron chi connectivity index (χ2n) is 6.48. The summed E-state index contributed by atoms with van der Waals surface area (Å²) in [5, 5.41) is 12.1. The Hall–Kier alpha value is -1.34. The number of guanidine groups is 1. The maximum atomic E-state index is 12.2. The van der Waals surface area contributed by atoms with E-state index in [1.165, 1.54) is 0 Å². The third-order valence-corrected chi connectivity index (χ3v) is 6.71. The molecule has 1 aliphatic heterocycles. The van der Waals surface area contributed by atoms with Gasteiger partial charge in [0.25, 0.3) is 0 Å². The van der Waals surface area contributed by atoms with E-state index in [0.717, 1.165) is 18.1 Å². The Labute approximate surface area is 167 Å². The largest absolute Gasteiger partial charge is 0.357 e. The van der Waals surface area contributed by atoms with E-state index in [1.807, 2.05) is 24.0 Å². The minimum atomic E-state index is -3.07. The molecule has 1 aromatic rings. The van der Waals surface area contributed by atoms with E-state index in [0.29, 0.717) is 25.2 Å². The van der Waals surface area contributed by atoms with Gasteiger partial charge in [-0.1, -0.05) is 12.1 Å². The molecule has 1 fully saturated rings. The zero-order valence-corrected chi connectivity index (χ0v) is 18.0. The highest BCUT2D eigenvalue weighted by Crippen LogP contribution is 2.23. The summed E-state index contributed by atoms with van der Waals surface area (Å²) >= 11 is 0. The van der Waals surface area contributed by atoms with Crippen LogP contribution in [-0.2, 0) is 16.4 Å². The van der Waals surface area contributed by atoms with Crippen LogP contribution in [0.4, 0.5) is 0 Å². The summed E-state index contributed by atoms with van der Waals surface area (Å²) < 4.78 is 23.5. The standard InChI is InChI=1S/C17H24N4O2S.HI/c1-4-19-16(20-12-15-7-5-14(11-18)6-8-15)21-9-10-24(22,23)17(2,3)13-21;/h5-8H,4,9-10,12-13H2,1-3H3,(H,19,20);1H. The van der Waals surface area contributed by atoms with Crippen LogP contribution in [0.2, 0.25) is 0 Å². The maximum Gasteiger partial charge on any atom is 0.194 e. The Morgan fingerprint density at radius 1 is 1.36 bits per heavy atom. The van der Waals surface area contributed by atoms with E-state index in [1.54, 1.807) is 26.0 Å². The number of nitriles is 1. The fourth-order valence-electron chi connectivity index (χ4n) is 2.60. The van der Waals surface area contributed by atoms with Gasteiger partial charge in [-0.15, -0.1) is 24.0 Å². The van der Waals surface area contributed by atoms with Crippen LogP contribution in [0.1, 0.15) is 31.9 Å². The first kappa shape index (κ1) is 21.7. The molecule has 0 atom stereocenters. The van der Waals surface area contributed by atoms with Gasteiger partial charge in [-0.05, 0) is 38.5 Å². The Morgan fingerprint density at radius 2 is 2.00 bits per heavy atom. The van der Waals surface area contributed by atoms with Crippen LogP contribution in [0.5, 0.6) is 0 Å². The molecule has 1 saturated heterocycles. The molecule has 0 unspecified atom stereocenters. The molecule has 0 amide bonds. The van der Waals surface area contributed by atoms with Crippen LogP contribution in [-0.4, -0.2) is 49.4 Å². The second-order valence-corrected chi connectivity index (χ2v) is 9.22. The van der Waals surface area contributed by atoms with Gasteiger partial charge in [-0.2, -0.15) is 5.26 Å². The second kappa shape index (κ2) is 8.85. The van der Waals surface area contributed by atoms with Crippen molar-refractivity contribution in [3.8, 4) is 6.07 Å². The lowest BCUT2D eigenvalue weighted by Crippen LogP contribution is -2.57. The molecule has 6 nitrogen and oxygen atoms in total. The third-order valence-electron chi connectivity index (χ3n) is 4.17. The number of aliphatic imine (C=N–C) groups is 1. The molecule has 0 aliphatic carbocycles. The van der Waals surface area contributed by atoms with E-state index in [4.69, 9.17) is 5.26 Å². The van der Waals surface area contributed by atoms with Crippen LogP contribution >= 0.6 is 24.0 Å². The van der Waals surface area contributed by atoms with Crippen molar-refractivity contribution < 1.29 is 8.42 Å². The average Bonchev–Trinajstić information content (AvgIpc) is 2.54. The highest BCUT2D eigenvalue weighted by atomic mass is 127. The fourth-order valence-corrected chi connectivity index (χ4v) is 3.97. The lowest BCUT2D eigenvalue weighted by Gasteiger charge is -2.39. The molecule has 1 aliphatic rings. The zero-order chi connectivity index (χ0) is 17.8. The van der Waals surface area contributed by atoms with E-state index in [-0.39, 0.29) is 29.7 Å². The number of benzene rings is 1. The molecule has 0 radical (unpaired) electrons. The fraction of sp³-hybridized carbons (Fsp3) is 0.529. The van der Waals surface area contributed by atoms with Gasteiger partial charge in [0, 0.05) is 19.6 Å². The van der Waals surface area contributed by atoms with Gasteiger partial charge in [-0.3, -0.25) is 0 Å². The van der Waals surface area contributed by atoms with Crippen molar-refractivity contribution in [2.75, 3.05) is 25.4 Å². The first-order chi connectivity index (χ1) is 11.3. The Balaban J connectivity index is 0.00000312. The molecule has 0 spiro atoms. The normalized spacial score (nSPS) is 18.8. The predicted molar refractivity (Wildman–Crippen MR) is 111 cm³/mol. The molecular weight excluding hydrogens is 451 g/mol. The highest BCUT2D eigenvalue weighted by Gasteiger charge is 2.40. The Morgan fingerprint density at radius 3 is 2.52 bits per heavy atom. The minimum Gasteiger partial charge on any atom is -0.357 e. The van der Waals surface area contributed by atoms with Crippen molar-refractivity contribution in [2.24, 2.45) is 4.99 Å². The van der Waals surface area contributed by atoms with E-state index in [9.17, 15) is 8.42 Å². The average molecular weight is 476 g/mol.